The molecule has 0 aliphatic carbocycles. The van der Waals surface area contributed by atoms with E-state index in [9.17, 15) is 9.59 Å². The lowest BCUT2D eigenvalue weighted by Crippen LogP contribution is -2.42. The second-order valence-electron chi connectivity index (χ2n) is 8.56. The zero-order chi connectivity index (χ0) is 20.8. The second kappa shape index (κ2) is 6.85. The van der Waals surface area contributed by atoms with E-state index < -0.39 is 17.2 Å². The van der Waals surface area contributed by atoms with E-state index in [0.717, 1.165) is 5.69 Å². The molecule has 150 valence electrons. The fourth-order valence-corrected chi connectivity index (χ4v) is 4.74. The Morgan fingerprint density at radius 3 is 2.21 bits per heavy atom. The van der Waals surface area contributed by atoms with Gasteiger partial charge >= 0.3 is 0 Å². The molecule has 0 radical (unpaired) electrons. The summed E-state index contributed by atoms with van der Waals surface area (Å²) in [5.41, 5.74) is 0.548. The van der Waals surface area contributed by atoms with Crippen LogP contribution in [0.2, 0.25) is 0 Å². The molecule has 2 aromatic carbocycles. The molecule has 0 bridgehead atoms. The van der Waals surface area contributed by atoms with Gasteiger partial charge in [-0.1, -0.05) is 55.1 Å². The van der Waals surface area contributed by atoms with Crippen molar-refractivity contribution in [2.75, 3.05) is 5.06 Å². The molecule has 0 aromatic heterocycles. The van der Waals surface area contributed by atoms with Crippen molar-refractivity contribution in [3.05, 3.63) is 78.5 Å². The van der Waals surface area contributed by atoms with Crippen molar-refractivity contribution in [1.29, 1.82) is 0 Å². The molecule has 0 unspecified atom stereocenters. The minimum atomic E-state index is -1.08. The molecule has 5 nitrogen and oxygen atoms in total. The monoisotopic (exact) mass is 390 g/mol. The van der Waals surface area contributed by atoms with Crippen molar-refractivity contribution in [2.24, 2.45) is 0 Å². The topological polar surface area (TPSA) is 49.9 Å². The summed E-state index contributed by atoms with van der Waals surface area (Å²) in [6.45, 7) is 9.84. The van der Waals surface area contributed by atoms with Crippen LogP contribution < -0.4 is 5.06 Å². The van der Waals surface area contributed by atoms with Gasteiger partial charge in [-0.05, 0) is 32.9 Å². The zero-order valence-electron chi connectivity index (χ0n) is 17.1. The third kappa shape index (κ3) is 3.15. The molecule has 2 aliphatic rings. The standard InChI is InChI=1S/C24H26N2O3/c1-17(2)25-22(28)24(16-23(25,3)4)15-20(21(27)18-11-7-5-8-12-18)26(29-24)19-13-9-6-10-14-19/h5-14,20H,1,15-16H2,2-4H3/t20-,24+/m1/s1. The van der Waals surface area contributed by atoms with E-state index in [4.69, 9.17) is 4.84 Å². The molecule has 2 atom stereocenters. The van der Waals surface area contributed by atoms with Crippen LogP contribution in [0.15, 0.2) is 72.9 Å². The predicted molar refractivity (Wildman–Crippen MR) is 112 cm³/mol. The molecular weight excluding hydrogens is 364 g/mol. The highest BCUT2D eigenvalue weighted by atomic mass is 16.7. The first-order valence-corrected chi connectivity index (χ1v) is 9.88. The van der Waals surface area contributed by atoms with E-state index in [1.54, 1.807) is 22.1 Å². The third-order valence-electron chi connectivity index (χ3n) is 5.75. The van der Waals surface area contributed by atoms with E-state index in [1.165, 1.54) is 0 Å². The molecule has 5 heteroatoms. The molecular formula is C24H26N2O3. The molecule has 1 amide bonds. The minimum Gasteiger partial charge on any atom is -0.309 e. The Kier molecular flexibility index (Phi) is 4.58. The maximum absolute atomic E-state index is 13.5. The second-order valence-corrected chi connectivity index (χ2v) is 8.56. The van der Waals surface area contributed by atoms with Crippen LogP contribution in [0, 0.1) is 0 Å². The lowest BCUT2D eigenvalue weighted by Gasteiger charge is -2.31. The Morgan fingerprint density at radius 2 is 1.66 bits per heavy atom. The van der Waals surface area contributed by atoms with Crippen molar-refractivity contribution in [2.45, 2.75) is 50.8 Å². The summed E-state index contributed by atoms with van der Waals surface area (Å²) in [6, 6.07) is 18.1. The highest BCUT2D eigenvalue weighted by Gasteiger charge is 2.63. The first-order valence-electron chi connectivity index (χ1n) is 9.88. The van der Waals surface area contributed by atoms with E-state index in [0.29, 0.717) is 24.1 Å². The Bertz CT molecular complexity index is 955. The molecule has 0 N–H and O–H groups in total. The number of hydrogen-bond donors (Lipinski definition) is 0. The lowest BCUT2D eigenvalue weighted by atomic mass is 9.86. The lowest BCUT2D eigenvalue weighted by molar-refractivity contribution is -0.144. The summed E-state index contributed by atoms with van der Waals surface area (Å²) in [5, 5.41) is 1.63. The van der Waals surface area contributed by atoms with Gasteiger partial charge in [0.25, 0.3) is 5.91 Å². The van der Waals surface area contributed by atoms with Gasteiger partial charge in [-0.25, -0.2) is 5.06 Å². The summed E-state index contributed by atoms with van der Waals surface area (Å²) in [7, 11) is 0. The quantitative estimate of drug-likeness (QED) is 0.728. The number of amides is 1. The van der Waals surface area contributed by atoms with Crippen molar-refractivity contribution < 1.29 is 14.4 Å². The van der Waals surface area contributed by atoms with Gasteiger partial charge in [0.05, 0.1) is 5.69 Å². The van der Waals surface area contributed by atoms with E-state index in [1.807, 2.05) is 69.3 Å². The van der Waals surface area contributed by atoms with Gasteiger partial charge in [0.2, 0.25) is 0 Å². The molecule has 2 aromatic rings. The number of para-hydroxylation sites is 1. The van der Waals surface area contributed by atoms with Crippen LogP contribution in [0.3, 0.4) is 0 Å². The maximum Gasteiger partial charge on any atom is 0.262 e. The molecule has 4 rings (SSSR count). The van der Waals surface area contributed by atoms with Gasteiger partial charge in [0, 0.05) is 29.6 Å². The maximum atomic E-state index is 13.5. The molecule has 29 heavy (non-hydrogen) atoms. The smallest absolute Gasteiger partial charge is 0.262 e. The van der Waals surface area contributed by atoms with Gasteiger partial charge in [0.1, 0.15) is 6.04 Å². The molecule has 2 saturated heterocycles. The molecule has 2 aliphatic heterocycles. The van der Waals surface area contributed by atoms with Gasteiger partial charge in [-0.3, -0.25) is 14.4 Å². The number of Topliss-reactive ketones (excluding diaryl/α,β-unsaturated/α-hetero) is 1. The average Bonchev–Trinajstić information content (AvgIpc) is 3.17. The first-order chi connectivity index (χ1) is 13.8. The molecule has 1 spiro atoms. The number of benzene rings is 2. The zero-order valence-corrected chi connectivity index (χ0v) is 17.1. The summed E-state index contributed by atoms with van der Waals surface area (Å²) in [5.74, 6) is -0.176. The molecule has 0 saturated carbocycles. The summed E-state index contributed by atoms with van der Waals surface area (Å²) in [4.78, 5) is 34.9. The van der Waals surface area contributed by atoms with Gasteiger partial charge in [-0.2, -0.15) is 0 Å². The molecule has 2 heterocycles. The third-order valence-corrected chi connectivity index (χ3v) is 5.75. The fraction of sp³-hybridized carbons (Fsp3) is 0.333. The summed E-state index contributed by atoms with van der Waals surface area (Å²) in [6.07, 6.45) is 0.801. The predicted octanol–water partition coefficient (Wildman–Crippen LogP) is 4.36. The number of carbonyl (C=O) groups is 2. The van der Waals surface area contributed by atoms with Crippen LogP contribution in [0.25, 0.3) is 0 Å². The Hall–Kier alpha value is -2.92. The normalized spacial score (nSPS) is 25.6. The fourth-order valence-electron chi connectivity index (χ4n) is 4.74. The average molecular weight is 390 g/mol. The summed E-state index contributed by atoms with van der Waals surface area (Å²) >= 11 is 0. The summed E-state index contributed by atoms with van der Waals surface area (Å²) < 4.78 is 0. The van der Waals surface area contributed by atoms with Crippen molar-refractivity contribution >= 4 is 17.4 Å². The van der Waals surface area contributed by atoms with Crippen LogP contribution in [-0.2, 0) is 9.63 Å². The number of rotatable bonds is 4. The van der Waals surface area contributed by atoms with Crippen LogP contribution in [-0.4, -0.2) is 33.8 Å². The largest absolute Gasteiger partial charge is 0.309 e. The Balaban J connectivity index is 1.76. The number of ketones is 1. The highest BCUT2D eigenvalue weighted by Crippen LogP contribution is 2.49. The first kappa shape index (κ1) is 19.4. The van der Waals surface area contributed by atoms with E-state index in [2.05, 4.69) is 6.58 Å². The number of likely N-dealkylation sites (tertiary alicyclic amines) is 1. The van der Waals surface area contributed by atoms with Gasteiger partial charge in [0.15, 0.2) is 11.4 Å². The van der Waals surface area contributed by atoms with Gasteiger partial charge in [-0.15, -0.1) is 0 Å². The van der Waals surface area contributed by atoms with Gasteiger partial charge < -0.3 is 4.90 Å². The van der Waals surface area contributed by atoms with E-state index in [-0.39, 0.29) is 11.7 Å². The van der Waals surface area contributed by atoms with E-state index >= 15 is 0 Å². The number of allylic oxidation sites excluding steroid dienone is 1. The number of nitrogens with zero attached hydrogens (tertiary/aromatic N) is 2. The Morgan fingerprint density at radius 1 is 1.07 bits per heavy atom. The SMILES string of the molecule is C=C(C)N1C(=O)[C@]2(C[C@H](C(=O)c3ccccc3)N(c3ccccc3)O2)CC1(C)C. The van der Waals surface area contributed by atoms with Crippen LogP contribution in [0.4, 0.5) is 5.69 Å². The minimum absolute atomic E-state index is 0.0503. The Labute approximate surface area is 171 Å². The van der Waals surface area contributed by atoms with Crippen LogP contribution in [0.1, 0.15) is 44.0 Å². The number of hydroxylamine groups is 1. The number of anilines is 1. The van der Waals surface area contributed by atoms with Crippen molar-refractivity contribution in [3.8, 4) is 0 Å². The van der Waals surface area contributed by atoms with Crippen LogP contribution >= 0.6 is 0 Å². The number of hydrogen-bond acceptors (Lipinski definition) is 4. The highest BCUT2D eigenvalue weighted by molar-refractivity contribution is 6.03. The molecule has 2 fully saturated rings. The van der Waals surface area contributed by atoms with Crippen molar-refractivity contribution in [1.82, 2.24) is 4.90 Å². The number of carbonyl (C=O) groups excluding carboxylic acids is 2. The van der Waals surface area contributed by atoms with Crippen LogP contribution in [0.5, 0.6) is 0 Å². The van der Waals surface area contributed by atoms with Crippen molar-refractivity contribution in [3.63, 3.8) is 0 Å².